The Morgan fingerprint density at radius 3 is 2.19 bits per heavy atom. The van der Waals surface area contributed by atoms with Crippen LogP contribution >= 0.6 is 0 Å². The monoisotopic (exact) mass is 698 g/mol. The standard InChI is InChI=1S/C20H21F2N2O3.C8H4F3O2.CH2.Sn/c1-5-23-9-11(2)12(3)19(20(23)26)24-10-13(6-17(24)25)18-15(21)7-14(27-4)8-16(18)22;9-8(10,11)13-7-3-1-6(5-12)2-4-7;;/h6-9,13H,5,10H2,1-4H3;1-4H;1H2;/t13-;;;/m0.../s1. The number of aryl methyl sites for hydroxylation is 2. The zero-order chi connectivity index (χ0) is 31.1. The van der Waals surface area contributed by atoms with Gasteiger partial charge in [-0.25, -0.2) is 0 Å². The van der Waals surface area contributed by atoms with Gasteiger partial charge in [-0.05, 0) is 0 Å². The summed E-state index contributed by atoms with van der Waals surface area (Å²) in [5, 5.41) is 0. The van der Waals surface area contributed by atoms with Crippen molar-refractivity contribution in [3.8, 4) is 11.5 Å². The molecule has 1 aromatic heterocycles. The summed E-state index contributed by atoms with van der Waals surface area (Å²) in [6.45, 7) is 5.21. The number of carbonyl (C=O) groups excluding carboxylic acids is 2. The number of anilines is 1. The van der Waals surface area contributed by atoms with E-state index in [1.165, 1.54) is 16.6 Å². The molecule has 1 saturated heterocycles. The van der Waals surface area contributed by atoms with E-state index < -0.39 is 73.7 Å². The summed E-state index contributed by atoms with van der Waals surface area (Å²) in [4.78, 5) is 42.2. The molecule has 1 fully saturated rings. The number of hydrogen-bond donors (Lipinski definition) is 0. The van der Waals surface area contributed by atoms with Crippen molar-refractivity contribution in [2.45, 2.75) is 43.5 Å². The molecule has 1 aliphatic heterocycles. The minimum atomic E-state index is -4.93. The van der Waals surface area contributed by atoms with Gasteiger partial charge >= 0.3 is 245 Å². The molecule has 13 heteroatoms. The number of ether oxygens (including phenoxy) is 2. The van der Waals surface area contributed by atoms with Crippen molar-refractivity contribution in [1.29, 1.82) is 0 Å². The van der Waals surface area contributed by atoms with Crippen LogP contribution in [0.1, 0.15) is 39.9 Å². The van der Waals surface area contributed by atoms with Gasteiger partial charge in [0.05, 0.1) is 0 Å². The van der Waals surface area contributed by atoms with Gasteiger partial charge < -0.3 is 0 Å². The summed E-state index contributed by atoms with van der Waals surface area (Å²) in [6.07, 6.45) is -3.28. The van der Waals surface area contributed by atoms with Crippen molar-refractivity contribution in [2.75, 3.05) is 18.6 Å². The quantitative estimate of drug-likeness (QED) is 0.242. The van der Waals surface area contributed by atoms with E-state index >= 15 is 8.78 Å². The van der Waals surface area contributed by atoms with Gasteiger partial charge in [0, 0.05) is 0 Å². The van der Waals surface area contributed by atoms with Crippen molar-refractivity contribution in [3.63, 3.8) is 0 Å². The third-order valence-corrected chi connectivity index (χ3v) is 13.8. The van der Waals surface area contributed by atoms with Gasteiger partial charge in [-0.2, -0.15) is 0 Å². The van der Waals surface area contributed by atoms with Crippen molar-refractivity contribution in [1.82, 2.24) is 4.57 Å². The Balaban J connectivity index is 1.82. The first-order valence-electron chi connectivity index (χ1n) is 12.8. The molecule has 222 valence electrons. The Morgan fingerprint density at radius 2 is 1.67 bits per heavy atom. The first-order chi connectivity index (χ1) is 19.7. The Hall–Kier alpha value is -3.55. The molecule has 1 amide bonds. The van der Waals surface area contributed by atoms with Crippen LogP contribution in [0.25, 0.3) is 0 Å². The third kappa shape index (κ3) is 5.99. The second-order valence-electron chi connectivity index (χ2n) is 9.84. The summed E-state index contributed by atoms with van der Waals surface area (Å²) < 4.78 is 81.0. The second-order valence-corrected chi connectivity index (χ2v) is 15.9. The molecule has 2 aromatic carbocycles. The van der Waals surface area contributed by atoms with Crippen molar-refractivity contribution in [3.05, 3.63) is 86.8 Å². The summed E-state index contributed by atoms with van der Waals surface area (Å²) in [6, 6.07) is 6.12. The topological polar surface area (TPSA) is 77.8 Å². The fourth-order valence-electron chi connectivity index (χ4n) is 5.18. The number of alkyl halides is 3. The molecular weight excluding hydrogens is 670 g/mol. The molecule has 1 aliphatic rings. The Labute approximate surface area is 244 Å². The number of carbonyl (C=O) groups is 2. The molecule has 0 saturated carbocycles. The number of methoxy groups -OCH3 is 1. The van der Waals surface area contributed by atoms with E-state index in [4.69, 9.17) is 4.74 Å². The van der Waals surface area contributed by atoms with Crippen LogP contribution in [0.4, 0.5) is 27.6 Å². The molecule has 0 spiro atoms. The van der Waals surface area contributed by atoms with Crippen LogP contribution in [0, 0.1) is 25.5 Å². The number of aromatic nitrogens is 1. The molecule has 0 aliphatic carbocycles. The maximum absolute atomic E-state index is 15.4. The molecule has 0 bridgehead atoms. The SMILES string of the molecule is [CH2]=[Sn]([C](=O)c1ccc(OC(F)(F)F)cc1)[CH]1C(=O)N(c2c(C)c(C)cn(CC)c2=O)C[C@H]1c1c(F)cc(OC)cc1F. The van der Waals surface area contributed by atoms with Gasteiger partial charge in [0.25, 0.3) is 0 Å². The normalized spacial score (nSPS) is 17.0. The minimum absolute atomic E-state index is 0.00493. The van der Waals surface area contributed by atoms with E-state index in [-0.39, 0.29) is 23.5 Å². The van der Waals surface area contributed by atoms with E-state index in [1.54, 1.807) is 27.0 Å². The van der Waals surface area contributed by atoms with E-state index in [2.05, 4.69) is 9.26 Å². The molecule has 0 N–H and O–H groups in total. The zero-order valence-electron chi connectivity index (χ0n) is 23.1. The first kappa shape index (κ1) is 31.4. The van der Waals surface area contributed by atoms with Crippen molar-refractivity contribution in [2.24, 2.45) is 0 Å². The molecule has 0 radical (unpaired) electrons. The predicted octanol–water partition coefficient (Wildman–Crippen LogP) is 5.10. The number of rotatable bonds is 8. The maximum atomic E-state index is 15.4. The summed E-state index contributed by atoms with van der Waals surface area (Å²) in [5.41, 5.74) is 0.377. The Bertz CT molecular complexity index is 1610. The fraction of sp³-hybridized carbons (Fsp3) is 0.310. The predicted molar refractivity (Wildman–Crippen MR) is 148 cm³/mol. The molecule has 7 nitrogen and oxygen atoms in total. The van der Waals surface area contributed by atoms with Crippen LogP contribution in [0.5, 0.6) is 11.5 Å². The van der Waals surface area contributed by atoms with E-state index in [9.17, 15) is 27.6 Å². The van der Waals surface area contributed by atoms with E-state index in [0.717, 1.165) is 36.4 Å². The Morgan fingerprint density at radius 1 is 1.07 bits per heavy atom. The molecule has 3 aromatic rings. The number of pyridine rings is 1. The van der Waals surface area contributed by atoms with Gasteiger partial charge in [0.2, 0.25) is 0 Å². The molecule has 2 atom stereocenters. The van der Waals surface area contributed by atoms with Crippen LogP contribution in [0.3, 0.4) is 0 Å². The fourth-order valence-corrected chi connectivity index (χ4v) is 11.0. The van der Waals surface area contributed by atoms with Gasteiger partial charge in [-0.3, -0.25) is 0 Å². The van der Waals surface area contributed by atoms with Crippen LogP contribution < -0.4 is 19.9 Å². The Kier molecular flexibility index (Phi) is 8.95. The number of benzene rings is 2. The number of nitrogens with zero attached hydrogens (tertiary/aromatic N) is 2. The average molecular weight is 697 g/mol. The average Bonchev–Trinajstić information content (AvgIpc) is 3.24. The van der Waals surface area contributed by atoms with Crippen molar-refractivity contribution < 1.29 is 41.0 Å². The van der Waals surface area contributed by atoms with E-state index in [1.807, 2.05) is 0 Å². The van der Waals surface area contributed by atoms with Crippen LogP contribution in [0.2, 0.25) is 3.93 Å². The van der Waals surface area contributed by atoms with Gasteiger partial charge in [0.1, 0.15) is 0 Å². The molecule has 1 unspecified atom stereocenters. The number of halogens is 5. The summed E-state index contributed by atoms with van der Waals surface area (Å²) in [7, 11) is 1.24. The summed E-state index contributed by atoms with van der Waals surface area (Å²) >= 11 is -3.97. The number of hydrogen-bond acceptors (Lipinski definition) is 5. The molecule has 42 heavy (non-hydrogen) atoms. The molecule has 2 heterocycles. The zero-order valence-corrected chi connectivity index (χ0v) is 26.0. The van der Waals surface area contributed by atoms with Crippen LogP contribution in [-0.4, -0.2) is 58.1 Å². The van der Waals surface area contributed by atoms with Crippen LogP contribution in [-0.2, 0) is 11.3 Å². The molecular formula is C29H27F5N2O5Sn. The third-order valence-electron chi connectivity index (χ3n) is 7.36. The number of amides is 1. The van der Waals surface area contributed by atoms with Gasteiger partial charge in [-0.1, -0.05) is 0 Å². The van der Waals surface area contributed by atoms with Gasteiger partial charge in [-0.15, -0.1) is 0 Å². The second kappa shape index (κ2) is 12.0. The van der Waals surface area contributed by atoms with E-state index in [0.29, 0.717) is 17.7 Å². The van der Waals surface area contributed by atoms with Crippen LogP contribution in [0.15, 0.2) is 47.4 Å². The molecule has 4 rings (SSSR count). The van der Waals surface area contributed by atoms with Gasteiger partial charge in [0.15, 0.2) is 0 Å². The van der Waals surface area contributed by atoms with Crippen molar-refractivity contribution >= 4 is 39.2 Å². The summed E-state index contributed by atoms with van der Waals surface area (Å²) in [5.74, 6) is -4.42. The first-order valence-corrected chi connectivity index (χ1v) is 17.9.